The van der Waals surface area contributed by atoms with E-state index in [1.807, 2.05) is 42.5 Å². The van der Waals surface area contributed by atoms with Gasteiger partial charge in [-0.1, -0.05) is 62.4 Å². The summed E-state index contributed by atoms with van der Waals surface area (Å²) < 4.78 is 0. The van der Waals surface area contributed by atoms with Crippen LogP contribution >= 0.6 is 0 Å². The van der Waals surface area contributed by atoms with Crippen LogP contribution in [0, 0.1) is 5.92 Å². The van der Waals surface area contributed by atoms with Gasteiger partial charge in [0.05, 0.1) is 12.1 Å². The molecule has 0 spiro atoms. The number of carbonyl (C=O) groups is 2. The molecule has 28 heavy (non-hydrogen) atoms. The number of rotatable bonds is 6. The van der Waals surface area contributed by atoms with Crippen molar-refractivity contribution in [2.45, 2.75) is 38.7 Å². The van der Waals surface area contributed by atoms with Gasteiger partial charge in [0.2, 0.25) is 0 Å². The van der Waals surface area contributed by atoms with Gasteiger partial charge in [-0.3, -0.25) is 9.59 Å². The van der Waals surface area contributed by atoms with E-state index in [1.165, 1.54) is 0 Å². The summed E-state index contributed by atoms with van der Waals surface area (Å²) >= 11 is 0. The van der Waals surface area contributed by atoms with Crippen molar-refractivity contribution in [1.82, 2.24) is 0 Å². The van der Waals surface area contributed by atoms with Gasteiger partial charge in [-0.15, -0.1) is 0 Å². The Morgan fingerprint density at radius 1 is 1.14 bits per heavy atom. The van der Waals surface area contributed by atoms with Crippen LogP contribution in [0.4, 0.5) is 5.69 Å². The maximum Gasteiger partial charge on any atom is 0.264 e. The molecule has 1 aliphatic carbocycles. The first-order valence-electron chi connectivity index (χ1n) is 9.87. The number of fused-ring (bicyclic) bond motifs is 2. The molecule has 1 amide bonds. The molecule has 1 unspecified atom stereocenters. The molecular weight excluding hydrogens is 350 g/mol. The Morgan fingerprint density at radius 3 is 2.64 bits per heavy atom. The molecule has 0 bridgehead atoms. The van der Waals surface area contributed by atoms with Crippen molar-refractivity contribution in [3.8, 4) is 0 Å². The van der Waals surface area contributed by atoms with Crippen LogP contribution in [0.1, 0.15) is 43.4 Å². The molecular formula is C24H25NO3. The number of benzene rings is 2. The summed E-state index contributed by atoms with van der Waals surface area (Å²) in [7, 11) is 0. The minimum atomic E-state index is -1.80. The first-order chi connectivity index (χ1) is 13.4. The van der Waals surface area contributed by atoms with Gasteiger partial charge in [0.15, 0.2) is 11.4 Å². The second-order valence-corrected chi connectivity index (χ2v) is 8.10. The molecule has 0 fully saturated rings. The number of hydrogen-bond acceptors (Lipinski definition) is 3. The molecule has 1 aliphatic heterocycles. The van der Waals surface area contributed by atoms with Crippen LogP contribution < -0.4 is 4.90 Å². The molecule has 4 nitrogen and oxygen atoms in total. The zero-order valence-electron chi connectivity index (χ0n) is 16.3. The number of aliphatic hydroxyl groups is 1. The van der Waals surface area contributed by atoms with Crippen LogP contribution in [-0.4, -0.2) is 23.3 Å². The Morgan fingerprint density at radius 2 is 1.86 bits per heavy atom. The molecule has 0 saturated heterocycles. The summed E-state index contributed by atoms with van der Waals surface area (Å²) in [6.07, 6.45) is 3.21. The molecule has 1 atom stereocenters. The molecule has 0 aromatic heterocycles. The number of allylic oxidation sites excluding steroid dienone is 2. The van der Waals surface area contributed by atoms with Crippen LogP contribution in [0.5, 0.6) is 0 Å². The predicted molar refractivity (Wildman–Crippen MR) is 110 cm³/mol. The van der Waals surface area contributed by atoms with Crippen LogP contribution in [0.25, 0.3) is 5.57 Å². The number of para-hydroxylation sites is 1. The van der Waals surface area contributed by atoms with Crippen molar-refractivity contribution in [2.24, 2.45) is 5.92 Å². The van der Waals surface area contributed by atoms with E-state index in [-0.39, 0.29) is 12.2 Å². The molecule has 2 aromatic carbocycles. The van der Waals surface area contributed by atoms with Gasteiger partial charge in [0.25, 0.3) is 5.91 Å². The van der Waals surface area contributed by atoms with E-state index in [1.54, 1.807) is 17.0 Å². The highest BCUT2D eigenvalue weighted by atomic mass is 16.3. The summed E-state index contributed by atoms with van der Waals surface area (Å²) in [5.74, 6) is -0.147. The van der Waals surface area contributed by atoms with E-state index >= 15 is 0 Å². The number of ketones is 1. The van der Waals surface area contributed by atoms with Crippen LogP contribution in [0.15, 0.2) is 54.6 Å². The molecule has 1 N–H and O–H groups in total. The average molecular weight is 375 g/mol. The summed E-state index contributed by atoms with van der Waals surface area (Å²) in [5, 5.41) is 11.4. The van der Waals surface area contributed by atoms with E-state index in [0.29, 0.717) is 35.7 Å². The van der Waals surface area contributed by atoms with E-state index in [0.717, 1.165) is 17.5 Å². The largest absolute Gasteiger partial charge is 0.375 e. The molecule has 2 aliphatic rings. The van der Waals surface area contributed by atoms with Crippen LogP contribution in [-0.2, 0) is 21.6 Å². The fraction of sp³-hybridized carbons (Fsp3) is 0.333. The molecule has 4 rings (SSSR count). The third-order valence-corrected chi connectivity index (χ3v) is 5.72. The first kappa shape index (κ1) is 18.6. The third-order valence-electron chi connectivity index (χ3n) is 5.72. The van der Waals surface area contributed by atoms with Gasteiger partial charge in [0.1, 0.15) is 0 Å². The highest BCUT2D eigenvalue weighted by molar-refractivity contribution is 6.24. The maximum absolute atomic E-state index is 13.2. The smallest absolute Gasteiger partial charge is 0.264 e. The Bertz CT molecular complexity index is 975. The molecule has 2 aromatic rings. The summed E-state index contributed by atoms with van der Waals surface area (Å²) in [6, 6.07) is 15.1. The second-order valence-electron chi connectivity index (χ2n) is 8.10. The monoisotopic (exact) mass is 375 g/mol. The van der Waals surface area contributed by atoms with Crippen molar-refractivity contribution in [1.29, 1.82) is 0 Å². The Labute approximate surface area is 165 Å². The molecule has 144 valence electrons. The lowest BCUT2D eigenvalue weighted by atomic mass is 9.87. The molecule has 0 radical (unpaired) electrons. The Balaban J connectivity index is 1.64. The topological polar surface area (TPSA) is 57.6 Å². The van der Waals surface area contributed by atoms with Crippen molar-refractivity contribution >= 4 is 23.0 Å². The quantitative estimate of drug-likeness (QED) is 0.834. The lowest BCUT2D eigenvalue weighted by Gasteiger charge is -2.23. The van der Waals surface area contributed by atoms with Crippen molar-refractivity contribution in [2.75, 3.05) is 11.4 Å². The average Bonchev–Trinajstić information content (AvgIpc) is 3.19. The standard InChI is InChI=1S/C24H25NO3/c1-16(2)13-14-25-21-10-6-5-9-20(21)24(28,23(25)27)15-22(26)19-12-11-17-7-3-4-8-18(17)19/h3-10,12,16,28H,11,13-15H2,1-2H3. The number of amides is 1. The maximum atomic E-state index is 13.2. The van der Waals surface area contributed by atoms with E-state index in [4.69, 9.17) is 0 Å². The summed E-state index contributed by atoms with van der Waals surface area (Å²) in [4.78, 5) is 27.9. The lowest BCUT2D eigenvalue weighted by Crippen LogP contribution is -2.42. The van der Waals surface area contributed by atoms with E-state index in [2.05, 4.69) is 13.8 Å². The fourth-order valence-corrected chi connectivity index (χ4v) is 4.16. The minimum absolute atomic E-state index is 0.193. The number of hydrogen-bond donors (Lipinski definition) is 1. The van der Waals surface area contributed by atoms with Crippen molar-refractivity contribution < 1.29 is 14.7 Å². The number of Topliss-reactive ketones (excluding diaryl/α,β-unsaturated/α-hetero) is 1. The van der Waals surface area contributed by atoms with Gasteiger partial charge in [-0.05, 0) is 36.0 Å². The van der Waals surface area contributed by atoms with Gasteiger partial charge >= 0.3 is 0 Å². The van der Waals surface area contributed by atoms with Gasteiger partial charge in [-0.25, -0.2) is 0 Å². The van der Waals surface area contributed by atoms with Crippen molar-refractivity contribution in [3.63, 3.8) is 0 Å². The number of nitrogens with zero attached hydrogens (tertiary/aromatic N) is 1. The molecule has 0 saturated carbocycles. The lowest BCUT2D eigenvalue weighted by molar-refractivity contribution is -0.140. The number of carbonyl (C=O) groups excluding carboxylic acids is 2. The summed E-state index contributed by atoms with van der Waals surface area (Å²) in [5.41, 5.74) is 2.06. The van der Waals surface area contributed by atoms with E-state index < -0.39 is 11.5 Å². The molecule has 4 heteroatoms. The minimum Gasteiger partial charge on any atom is -0.375 e. The van der Waals surface area contributed by atoms with Crippen molar-refractivity contribution in [3.05, 3.63) is 71.3 Å². The molecule has 1 heterocycles. The summed E-state index contributed by atoms with van der Waals surface area (Å²) in [6.45, 7) is 4.74. The highest BCUT2D eigenvalue weighted by Gasteiger charge is 2.51. The Hall–Kier alpha value is -2.72. The van der Waals surface area contributed by atoms with Gasteiger partial charge in [-0.2, -0.15) is 0 Å². The fourth-order valence-electron chi connectivity index (χ4n) is 4.16. The van der Waals surface area contributed by atoms with Gasteiger partial charge in [0, 0.05) is 17.7 Å². The Kier molecular flexibility index (Phi) is 4.68. The first-order valence-corrected chi connectivity index (χ1v) is 9.87. The van der Waals surface area contributed by atoms with E-state index in [9.17, 15) is 14.7 Å². The highest BCUT2D eigenvalue weighted by Crippen LogP contribution is 2.44. The zero-order valence-corrected chi connectivity index (χ0v) is 16.3. The normalized spacial score (nSPS) is 20.4. The SMILES string of the molecule is CC(C)CCN1C(=O)C(O)(CC(=O)C2=CCc3ccccc32)c2ccccc21. The van der Waals surface area contributed by atoms with Crippen LogP contribution in [0.2, 0.25) is 0 Å². The zero-order chi connectivity index (χ0) is 19.9. The van der Waals surface area contributed by atoms with Gasteiger partial charge < -0.3 is 10.0 Å². The second kappa shape index (κ2) is 7.02. The number of anilines is 1. The third kappa shape index (κ3) is 2.98. The predicted octanol–water partition coefficient (Wildman–Crippen LogP) is 3.87. The van der Waals surface area contributed by atoms with Crippen LogP contribution in [0.3, 0.4) is 0 Å².